The first kappa shape index (κ1) is 16.0. The monoisotopic (exact) mass is 283 g/mol. The van der Waals surface area contributed by atoms with E-state index in [2.05, 4.69) is 10.3 Å². The molecule has 7 heteroatoms. The molecular formula is C13H21N3O4. The lowest BCUT2D eigenvalue weighted by atomic mass is 10.1. The number of amides is 1. The van der Waals surface area contributed by atoms with Crippen molar-refractivity contribution in [2.45, 2.75) is 38.8 Å². The molecule has 1 amide bonds. The van der Waals surface area contributed by atoms with Gasteiger partial charge in [0, 0.05) is 25.4 Å². The lowest BCUT2D eigenvalue weighted by molar-refractivity contribution is -0.143. The van der Waals surface area contributed by atoms with Gasteiger partial charge in [0.25, 0.3) is 0 Å². The van der Waals surface area contributed by atoms with Crippen LogP contribution in [0.3, 0.4) is 0 Å². The van der Waals surface area contributed by atoms with Crippen molar-refractivity contribution >= 4 is 12.1 Å². The molecule has 1 rings (SSSR count). The minimum Gasteiger partial charge on any atom is -0.467 e. The standard InChI is InChI=1S/C13H21N3O4/c1-13(2,3)20-12(18)15-10(11(17)19-5)6-9-7-14-8-16(9)4/h7-8,10H,6H2,1-5H3,(H,15,18)/t10-/m1/s1. The van der Waals surface area contributed by atoms with Crippen LogP contribution in [-0.4, -0.2) is 40.4 Å². The molecule has 1 N–H and O–H groups in total. The van der Waals surface area contributed by atoms with Gasteiger partial charge in [-0.3, -0.25) is 0 Å². The molecule has 0 aliphatic carbocycles. The topological polar surface area (TPSA) is 82.5 Å². The molecular weight excluding hydrogens is 262 g/mol. The quantitative estimate of drug-likeness (QED) is 0.834. The summed E-state index contributed by atoms with van der Waals surface area (Å²) < 4.78 is 11.6. The van der Waals surface area contributed by atoms with Crippen molar-refractivity contribution in [2.24, 2.45) is 7.05 Å². The van der Waals surface area contributed by atoms with Gasteiger partial charge in [0.15, 0.2) is 0 Å². The molecule has 0 unspecified atom stereocenters. The van der Waals surface area contributed by atoms with Crippen LogP contribution in [0.5, 0.6) is 0 Å². The van der Waals surface area contributed by atoms with Gasteiger partial charge in [0.1, 0.15) is 11.6 Å². The largest absolute Gasteiger partial charge is 0.467 e. The molecule has 0 radical (unpaired) electrons. The van der Waals surface area contributed by atoms with E-state index in [9.17, 15) is 9.59 Å². The van der Waals surface area contributed by atoms with Crippen LogP contribution < -0.4 is 5.32 Å². The molecule has 0 bridgehead atoms. The molecule has 7 nitrogen and oxygen atoms in total. The molecule has 0 saturated carbocycles. The summed E-state index contributed by atoms with van der Waals surface area (Å²) in [5.41, 5.74) is 0.175. The number of rotatable bonds is 4. The summed E-state index contributed by atoms with van der Waals surface area (Å²) in [6.07, 6.45) is 2.88. The van der Waals surface area contributed by atoms with Gasteiger partial charge in [-0.05, 0) is 20.8 Å². The van der Waals surface area contributed by atoms with Gasteiger partial charge in [-0.2, -0.15) is 0 Å². The van der Waals surface area contributed by atoms with Crippen LogP contribution in [0.1, 0.15) is 26.5 Å². The minimum absolute atomic E-state index is 0.280. The molecule has 112 valence electrons. The number of alkyl carbamates (subject to hydrolysis) is 1. The maximum absolute atomic E-state index is 11.7. The van der Waals surface area contributed by atoms with Crippen LogP contribution in [0.2, 0.25) is 0 Å². The highest BCUT2D eigenvalue weighted by Gasteiger charge is 2.26. The van der Waals surface area contributed by atoms with E-state index in [-0.39, 0.29) is 6.42 Å². The van der Waals surface area contributed by atoms with Crippen LogP contribution in [0.4, 0.5) is 4.79 Å². The SMILES string of the molecule is COC(=O)[C@@H](Cc1cncn1C)NC(=O)OC(C)(C)C. The van der Waals surface area contributed by atoms with Gasteiger partial charge in [-0.25, -0.2) is 14.6 Å². The number of nitrogens with one attached hydrogen (secondary N) is 1. The Hall–Kier alpha value is -2.05. The number of imidazole rings is 1. The third-order valence-corrected chi connectivity index (χ3v) is 2.51. The normalized spacial score (nSPS) is 12.7. The molecule has 0 spiro atoms. The Morgan fingerprint density at radius 3 is 2.55 bits per heavy atom. The van der Waals surface area contributed by atoms with Crippen LogP contribution in [0, 0.1) is 0 Å². The van der Waals surface area contributed by atoms with E-state index in [0.717, 1.165) is 5.69 Å². The molecule has 20 heavy (non-hydrogen) atoms. The Bertz CT molecular complexity index is 476. The maximum Gasteiger partial charge on any atom is 0.408 e. The predicted molar refractivity (Wildman–Crippen MR) is 72.1 cm³/mol. The summed E-state index contributed by atoms with van der Waals surface area (Å²) >= 11 is 0. The smallest absolute Gasteiger partial charge is 0.408 e. The first-order valence-electron chi connectivity index (χ1n) is 6.25. The molecule has 0 fully saturated rings. The number of ether oxygens (including phenoxy) is 2. The number of hydrogen-bond acceptors (Lipinski definition) is 5. The Morgan fingerprint density at radius 1 is 1.45 bits per heavy atom. The second-order valence-electron chi connectivity index (χ2n) is 5.42. The molecule has 1 aromatic rings. The third-order valence-electron chi connectivity index (χ3n) is 2.51. The summed E-state index contributed by atoms with van der Waals surface area (Å²) in [6.45, 7) is 5.25. The predicted octanol–water partition coefficient (Wildman–Crippen LogP) is 1.03. The Balaban J connectivity index is 2.73. The summed E-state index contributed by atoms with van der Waals surface area (Å²) in [4.78, 5) is 27.4. The van der Waals surface area contributed by atoms with E-state index in [4.69, 9.17) is 9.47 Å². The minimum atomic E-state index is -0.815. The van der Waals surface area contributed by atoms with Crippen molar-refractivity contribution in [3.8, 4) is 0 Å². The second-order valence-corrected chi connectivity index (χ2v) is 5.42. The average Bonchev–Trinajstić information content (AvgIpc) is 2.70. The fraction of sp³-hybridized carbons (Fsp3) is 0.615. The Labute approximate surface area is 118 Å². The molecule has 1 atom stereocenters. The fourth-order valence-electron chi connectivity index (χ4n) is 1.58. The first-order valence-corrected chi connectivity index (χ1v) is 6.25. The molecule has 0 aliphatic rings. The van der Waals surface area contributed by atoms with Crippen molar-refractivity contribution in [3.63, 3.8) is 0 Å². The second kappa shape index (κ2) is 6.40. The molecule has 0 aromatic carbocycles. The lowest BCUT2D eigenvalue weighted by Gasteiger charge is -2.22. The lowest BCUT2D eigenvalue weighted by Crippen LogP contribution is -2.45. The van der Waals surface area contributed by atoms with Gasteiger partial charge in [-0.15, -0.1) is 0 Å². The molecule has 1 aromatic heterocycles. The number of hydrogen-bond donors (Lipinski definition) is 1. The number of carbonyl (C=O) groups excluding carboxylic acids is 2. The Kier molecular flexibility index (Phi) is 5.12. The van der Waals surface area contributed by atoms with E-state index >= 15 is 0 Å². The third kappa shape index (κ3) is 4.91. The summed E-state index contributed by atoms with van der Waals surface area (Å²) in [5, 5.41) is 2.51. The highest BCUT2D eigenvalue weighted by Crippen LogP contribution is 2.08. The summed E-state index contributed by atoms with van der Waals surface area (Å²) in [5.74, 6) is -0.531. The zero-order chi connectivity index (χ0) is 15.3. The van der Waals surface area contributed by atoms with Crippen LogP contribution in [0.25, 0.3) is 0 Å². The average molecular weight is 283 g/mol. The van der Waals surface area contributed by atoms with Gasteiger partial charge >= 0.3 is 12.1 Å². The maximum atomic E-state index is 11.7. The van der Waals surface area contributed by atoms with Gasteiger partial charge in [0.2, 0.25) is 0 Å². The van der Waals surface area contributed by atoms with Crippen molar-refractivity contribution in [1.82, 2.24) is 14.9 Å². The first-order chi connectivity index (χ1) is 9.23. The number of carbonyl (C=O) groups is 2. The highest BCUT2D eigenvalue weighted by atomic mass is 16.6. The molecule has 0 saturated heterocycles. The van der Waals surface area contributed by atoms with E-state index in [1.165, 1.54) is 7.11 Å². The number of aromatic nitrogens is 2. The Morgan fingerprint density at radius 2 is 2.10 bits per heavy atom. The zero-order valence-corrected chi connectivity index (χ0v) is 12.5. The molecule has 0 aliphatic heterocycles. The molecule has 1 heterocycles. The highest BCUT2D eigenvalue weighted by molar-refractivity contribution is 5.81. The van der Waals surface area contributed by atoms with Crippen molar-refractivity contribution in [3.05, 3.63) is 18.2 Å². The number of methoxy groups -OCH3 is 1. The van der Waals surface area contributed by atoms with E-state index in [1.54, 1.807) is 37.9 Å². The zero-order valence-electron chi connectivity index (χ0n) is 12.5. The van der Waals surface area contributed by atoms with Gasteiger partial charge in [0.05, 0.1) is 13.4 Å². The van der Waals surface area contributed by atoms with Crippen LogP contribution >= 0.6 is 0 Å². The van der Waals surface area contributed by atoms with Crippen molar-refractivity contribution in [2.75, 3.05) is 7.11 Å². The van der Waals surface area contributed by atoms with E-state index in [1.807, 2.05) is 7.05 Å². The van der Waals surface area contributed by atoms with Crippen LogP contribution in [-0.2, 0) is 27.7 Å². The summed E-state index contributed by atoms with van der Waals surface area (Å²) in [7, 11) is 3.08. The van der Waals surface area contributed by atoms with Crippen molar-refractivity contribution in [1.29, 1.82) is 0 Å². The van der Waals surface area contributed by atoms with Gasteiger partial charge in [-0.1, -0.05) is 0 Å². The van der Waals surface area contributed by atoms with Crippen LogP contribution in [0.15, 0.2) is 12.5 Å². The number of aryl methyl sites for hydroxylation is 1. The van der Waals surface area contributed by atoms with E-state index in [0.29, 0.717) is 0 Å². The van der Waals surface area contributed by atoms with Crippen molar-refractivity contribution < 1.29 is 19.1 Å². The fourth-order valence-corrected chi connectivity index (χ4v) is 1.58. The number of nitrogens with zero attached hydrogens (tertiary/aromatic N) is 2. The van der Waals surface area contributed by atoms with Gasteiger partial charge < -0.3 is 19.4 Å². The number of esters is 1. The summed E-state index contributed by atoms with van der Waals surface area (Å²) in [6, 6.07) is -0.815. The van der Waals surface area contributed by atoms with E-state index < -0.39 is 23.7 Å².